The number of para-hydroxylation sites is 1. The Morgan fingerprint density at radius 3 is 2.65 bits per heavy atom. The highest BCUT2D eigenvalue weighted by Crippen LogP contribution is 2.16. The molecule has 0 radical (unpaired) electrons. The van der Waals surface area contributed by atoms with Crippen molar-refractivity contribution in [2.24, 2.45) is 0 Å². The number of benzene rings is 1. The molecule has 0 saturated carbocycles. The lowest BCUT2D eigenvalue weighted by molar-refractivity contribution is 0.593. The molecular formula is C16H9N5O4S. The molecular weight excluding hydrogens is 358 g/mol. The summed E-state index contributed by atoms with van der Waals surface area (Å²) in [6, 6.07) is 8.40. The Morgan fingerprint density at radius 2 is 1.96 bits per heavy atom. The summed E-state index contributed by atoms with van der Waals surface area (Å²) in [6.45, 7) is 0. The average molecular weight is 367 g/mol. The number of aromatic amines is 1. The standard InChI is InChI=1S/C16H9N5O4S/c1-26(24,25)16-18-7-11-12(20-16)13(22)9(6-17)14-19-10-5-3-2-4-8(10)15(23)21(11)14/h2-5,7,19H,1H3. The van der Waals surface area contributed by atoms with E-state index in [4.69, 9.17) is 0 Å². The number of hydrogen-bond donors (Lipinski definition) is 1. The zero-order valence-corrected chi connectivity index (χ0v) is 14.0. The maximum atomic E-state index is 12.9. The first-order valence-corrected chi connectivity index (χ1v) is 9.18. The molecule has 0 saturated heterocycles. The Hall–Kier alpha value is -3.58. The molecule has 1 aromatic carbocycles. The van der Waals surface area contributed by atoms with E-state index in [0.717, 1.165) is 16.9 Å². The first kappa shape index (κ1) is 15.9. The normalized spacial score (nSPS) is 11.8. The minimum absolute atomic E-state index is 0.00408. The molecule has 26 heavy (non-hydrogen) atoms. The van der Waals surface area contributed by atoms with Crippen molar-refractivity contribution in [2.75, 3.05) is 6.26 Å². The first-order valence-electron chi connectivity index (χ1n) is 7.29. The minimum atomic E-state index is -3.77. The molecule has 0 spiro atoms. The van der Waals surface area contributed by atoms with E-state index < -0.39 is 26.0 Å². The van der Waals surface area contributed by atoms with E-state index in [1.807, 2.05) is 0 Å². The van der Waals surface area contributed by atoms with E-state index in [-0.39, 0.29) is 22.2 Å². The molecule has 9 nitrogen and oxygen atoms in total. The van der Waals surface area contributed by atoms with Crippen LogP contribution < -0.4 is 11.0 Å². The van der Waals surface area contributed by atoms with Gasteiger partial charge in [-0.15, -0.1) is 0 Å². The van der Waals surface area contributed by atoms with Gasteiger partial charge in [-0.3, -0.25) is 14.0 Å². The number of H-pyrrole nitrogens is 1. The van der Waals surface area contributed by atoms with Crippen molar-refractivity contribution >= 4 is 37.4 Å². The number of nitrogens with zero attached hydrogens (tertiary/aromatic N) is 4. The quantitative estimate of drug-likeness (QED) is 0.291. The lowest BCUT2D eigenvalue weighted by Gasteiger charge is -2.09. The fraction of sp³-hybridized carbons (Fsp3) is 0.0625. The summed E-state index contributed by atoms with van der Waals surface area (Å²) in [7, 11) is -3.77. The summed E-state index contributed by atoms with van der Waals surface area (Å²) in [5.41, 5.74) is -1.42. The minimum Gasteiger partial charge on any atom is -0.339 e. The van der Waals surface area contributed by atoms with E-state index in [2.05, 4.69) is 15.0 Å². The maximum absolute atomic E-state index is 12.9. The molecule has 0 atom stereocenters. The van der Waals surface area contributed by atoms with E-state index >= 15 is 0 Å². The Kier molecular flexibility index (Phi) is 3.19. The van der Waals surface area contributed by atoms with Gasteiger partial charge in [0, 0.05) is 6.26 Å². The van der Waals surface area contributed by atoms with Crippen molar-refractivity contribution in [1.82, 2.24) is 19.4 Å². The van der Waals surface area contributed by atoms with Crippen LogP contribution in [0.15, 0.2) is 45.2 Å². The van der Waals surface area contributed by atoms with Crippen molar-refractivity contribution in [3.8, 4) is 6.07 Å². The number of nitrogens with one attached hydrogen (secondary N) is 1. The zero-order chi connectivity index (χ0) is 18.6. The van der Waals surface area contributed by atoms with Crippen molar-refractivity contribution in [1.29, 1.82) is 5.26 Å². The molecule has 0 unspecified atom stereocenters. The highest BCUT2D eigenvalue weighted by molar-refractivity contribution is 7.90. The van der Waals surface area contributed by atoms with Crippen LogP contribution in [0, 0.1) is 11.3 Å². The van der Waals surface area contributed by atoms with Crippen LogP contribution in [0.5, 0.6) is 0 Å². The van der Waals surface area contributed by atoms with Gasteiger partial charge in [0.05, 0.1) is 22.6 Å². The van der Waals surface area contributed by atoms with Gasteiger partial charge in [0.15, 0.2) is 0 Å². The van der Waals surface area contributed by atoms with Gasteiger partial charge in [-0.25, -0.2) is 18.4 Å². The number of hydrogen-bond acceptors (Lipinski definition) is 7. The van der Waals surface area contributed by atoms with Crippen LogP contribution in [0.1, 0.15) is 5.56 Å². The molecule has 1 N–H and O–H groups in total. The number of sulfone groups is 1. The fourth-order valence-electron chi connectivity index (χ4n) is 2.79. The molecule has 0 aliphatic heterocycles. The fourth-order valence-corrected chi connectivity index (χ4v) is 3.29. The van der Waals surface area contributed by atoms with E-state index in [1.165, 1.54) is 0 Å². The van der Waals surface area contributed by atoms with Gasteiger partial charge in [0.1, 0.15) is 22.8 Å². The predicted octanol–water partition coefficient (Wildman–Crippen LogP) is 0.359. The number of rotatable bonds is 1. The molecule has 4 rings (SSSR count). The average Bonchev–Trinajstić information content (AvgIpc) is 2.61. The van der Waals surface area contributed by atoms with Gasteiger partial charge in [-0.2, -0.15) is 5.26 Å². The molecule has 128 valence electrons. The van der Waals surface area contributed by atoms with Crippen LogP contribution in [0.2, 0.25) is 0 Å². The van der Waals surface area contributed by atoms with E-state index in [9.17, 15) is 23.3 Å². The Bertz CT molecular complexity index is 1510. The van der Waals surface area contributed by atoms with Crippen LogP contribution >= 0.6 is 0 Å². The third kappa shape index (κ3) is 2.11. The molecule has 10 heteroatoms. The van der Waals surface area contributed by atoms with Crippen LogP contribution in [0.3, 0.4) is 0 Å². The van der Waals surface area contributed by atoms with Gasteiger partial charge < -0.3 is 4.98 Å². The molecule has 0 aliphatic rings. The third-order valence-electron chi connectivity index (χ3n) is 3.95. The van der Waals surface area contributed by atoms with Crippen molar-refractivity contribution in [3.63, 3.8) is 0 Å². The monoisotopic (exact) mass is 367 g/mol. The Morgan fingerprint density at radius 1 is 1.23 bits per heavy atom. The van der Waals surface area contributed by atoms with Crippen LogP contribution in [-0.4, -0.2) is 34.0 Å². The summed E-state index contributed by atoms with van der Waals surface area (Å²) in [6.07, 6.45) is 2.00. The van der Waals surface area contributed by atoms with Gasteiger partial charge in [0.2, 0.25) is 20.4 Å². The lowest BCUT2D eigenvalue weighted by atomic mass is 10.2. The second-order valence-corrected chi connectivity index (χ2v) is 7.54. The highest BCUT2D eigenvalue weighted by Gasteiger charge is 2.20. The maximum Gasteiger partial charge on any atom is 0.266 e. The molecule has 0 aliphatic carbocycles. The molecule has 4 aromatic rings. The predicted molar refractivity (Wildman–Crippen MR) is 92.7 cm³/mol. The van der Waals surface area contributed by atoms with E-state index in [1.54, 1.807) is 30.3 Å². The van der Waals surface area contributed by atoms with Crippen molar-refractivity contribution in [3.05, 3.63) is 56.6 Å². The SMILES string of the molecule is CS(=O)(=O)c1ncc2c(n1)c(=O)c(C#N)c1[nH]c3ccccc3c(=O)n12. The van der Waals surface area contributed by atoms with Gasteiger partial charge in [0.25, 0.3) is 5.56 Å². The number of aromatic nitrogens is 4. The van der Waals surface area contributed by atoms with Crippen LogP contribution in [0.4, 0.5) is 0 Å². The van der Waals surface area contributed by atoms with Gasteiger partial charge in [-0.1, -0.05) is 12.1 Å². The summed E-state index contributed by atoms with van der Waals surface area (Å²) in [4.78, 5) is 36.0. The summed E-state index contributed by atoms with van der Waals surface area (Å²) >= 11 is 0. The second-order valence-electron chi connectivity index (χ2n) is 5.63. The number of fused-ring (bicyclic) bond motifs is 4. The molecule has 3 heterocycles. The number of nitriles is 1. The topological polar surface area (TPSA) is 138 Å². The first-order chi connectivity index (χ1) is 12.3. The lowest BCUT2D eigenvalue weighted by Crippen LogP contribution is -2.23. The molecule has 0 fully saturated rings. The Labute approximate surface area is 145 Å². The van der Waals surface area contributed by atoms with E-state index in [0.29, 0.717) is 10.9 Å². The largest absolute Gasteiger partial charge is 0.339 e. The Balaban J connectivity index is 2.37. The van der Waals surface area contributed by atoms with Crippen LogP contribution in [-0.2, 0) is 9.84 Å². The summed E-state index contributed by atoms with van der Waals surface area (Å²) in [5, 5.41) is 9.20. The van der Waals surface area contributed by atoms with Gasteiger partial charge in [-0.05, 0) is 12.1 Å². The summed E-state index contributed by atoms with van der Waals surface area (Å²) < 4.78 is 24.5. The summed E-state index contributed by atoms with van der Waals surface area (Å²) in [5.74, 6) is 0. The molecule has 0 bridgehead atoms. The smallest absolute Gasteiger partial charge is 0.266 e. The molecule has 0 amide bonds. The van der Waals surface area contributed by atoms with Crippen molar-refractivity contribution < 1.29 is 8.42 Å². The van der Waals surface area contributed by atoms with Crippen LogP contribution in [0.25, 0.3) is 27.6 Å². The van der Waals surface area contributed by atoms with Gasteiger partial charge >= 0.3 is 0 Å². The highest BCUT2D eigenvalue weighted by atomic mass is 32.2. The molecule has 3 aromatic heterocycles. The zero-order valence-electron chi connectivity index (χ0n) is 13.2. The third-order valence-corrected chi connectivity index (χ3v) is 4.81. The second kappa shape index (κ2) is 5.21. The number of pyridine rings is 1. The van der Waals surface area contributed by atoms with Crippen molar-refractivity contribution in [2.45, 2.75) is 5.16 Å².